The highest BCUT2D eigenvalue weighted by atomic mass is 35.5. The van der Waals surface area contributed by atoms with Crippen LogP contribution in [-0.2, 0) is 11.2 Å². The second kappa shape index (κ2) is 10.3. The molecule has 2 N–H and O–H groups in total. The van der Waals surface area contributed by atoms with E-state index in [9.17, 15) is 4.79 Å². The standard InChI is InChI=1S/C25H29ClN4O2/c1-18-16-24(30-12-10-29(11-13-30)14-15-31)28-23-8-7-21(17-22(18)23)27-25(32)9-4-19-2-5-20(26)6-3-19/h2-3,5-8,16-17,31H,4,9-15H2,1H3,(H,27,32). The fourth-order valence-electron chi connectivity index (χ4n) is 4.09. The van der Waals surface area contributed by atoms with Crippen molar-refractivity contribution in [3.05, 3.63) is 64.7 Å². The van der Waals surface area contributed by atoms with Crippen LogP contribution in [0, 0.1) is 6.92 Å². The number of aromatic nitrogens is 1. The van der Waals surface area contributed by atoms with Gasteiger partial charge in [-0.3, -0.25) is 9.69 Å². The Balaban J connectivity index is 1.40. The molecule has 0 unspecified atom stereocenters. The van der Waals surface area contributed by atoms with E-state index in [1.54, 1.807) is 0 Å². The summed E-state index contributed by atoms with van der Waals surface area (Å²) in [5.74, 6) is 0.973. The summed E-state index contributed by atoms with van der Waals surface area (Å²) < 4.78 is 0. The average Bonchev–Trinajstić information content (AvgIpc) is 2.80. The van der Waals surface area contributed by atoms with E-state index in [0.29, 0.717) is 17.9 Å². The molecule has 0 radical (unpaired) electrons. The SMILES string of the molecule is Cc1cc(N2CCN(CCO)CC2)nc2ccc(NC(=O)CCc3ccc(Cl)cc3)cc12. The van der Waals surface area contributed by atoms with E-state index in [1.807, 2.05) is 42.5 Å². The number of aryl methyl sites for hydroxylation is 2. The molecule has 1 saturated heterocycles. The number of aliphatic hydroxyl groups excluding tert-OH is 1. The van der Waals surface area contributed by atoms with Gasteiger partial charge in [0.1, 0.15) is 5.82 Å². The average molecular weight is 453 g/mol. The number of nitrogens with zero attached hydrogens (tertiary/aromatic N) is 3. The van der Waals surface area contributed by atoms with Crippen LogP contribution in [-0.4, -0.2) is 60.2 Å². The van der Waals surface area contributed by atoms with Crippen LogP contribution in [0.5, 0.6) is 0 Å². The number of hydrogen-bond donors (Lipinski definition) is 2. The molecule has 2 aromatic carbocycles. The van der Waals surface area contributed by atoms with Crippen molar-refractivity contribution in [1.29, 1.82) is 0 Å². The van der Waals surface area contributed by atoms with Crippen molar-refractivity contribution < 1.29 is 9.90 Å². The maximum atomic E-state index is 12.4. The molecule has 7 heteroatoms. The van der Waals surface area contributed by atoms with Gasteiger partial charge in [0.2, 0.25) is 5.91 Å². The summed E-state index contributed by atoms with van der Waals surface area (Å²) in [6, 6.07) is 15.6. The quantitative estimate of drug-likeness (QED) is 0.569. The van der Waals surface area contributed by atoms with Crippen molar-refractivity contribution in [3.8, 4) is 0 Å². The summed E-state index contributed by atoms with van der Waals surface area (Å²) in [5.41, 5.74) is 3.94. The minimum atomic E-state index is -0.0118. The monoisotopic (exact) mass is 452 g/mol. The molecule has 2 heterocycles. The molecule has 0 spiro atoms. The van der Waals surface area contributed by atoms with Crippen molar-refractivity contribution in [1.82, 2.24) is 9.88 Å². The van der Waals surface area contributed by atoms with Crippen LogP contribution >= 0.6 is 11.6 Å². The molecule has 0 atom stereocenters. The van der Waals surface area contributed by atoms with Gasteiger partial charge in [-0.2, -0.15) is 0 Å². The van der Waals surface area contributed by atoms with Crippen LogP contribution in [0.3, 0.4) is 0 Å². The summed E-state index contributed by atoms with van der Waals surface area (Å²) in [6.07, 6.45) is 1.09. The number of rotatable bonds is 7. The largest absolute Gasteiger partial charge is 0.395 e. The number of nitrogens with one attached hydrogen (secondary N) is 1. The number of aliphatic hydroxyl groups is 1. The first kappa shape index (κ1) is 22.5. The molecule has 1 fully saturated rings. The number of anilines is 2. The van der Waals surface area contributed by atoms with Crippen molar-refractivity contribution >= 4 is 39.9 Å². The number of carbonyl (C=O) groups excluding carboxylic acids is 1. The predicted molar refractivity (Wildman–Crippen MR) is 131 cm³/mol. The number of carbonyl (C=O) groups is 1. The molecule has 1 aromatic heterocycles. The highest BCUT2D eigenvalue weighted by Crippen LogP contribution is 2.26. The van der Waals surface area contributed by atoms with Crippen LogP contribution in [0.15, 0.2) is 48.5 Å². The number of amides is 1. The van der Waals surface area contributed by atoms with Crippen molar-refractivity contribution in [2.24, 2.45) is 0 Å². The number of benzene rings is 2. The molecule has 0 saturated carbocycles. The Morgan fingerprint density at radius 2 is 1.84 bits per heavy atom. The first-order valence-electron chi connectivity index (χ1n) is 11.1. The van der Waals surface area contributed by atoms with Crippen LogP contribution < -0.4 is 10.2 Å². The number of hydrogen-bond acceptors (Lipinski definition) is 5. The van der Waals surface area contributed by atoms with Crippen molar-refractivity contribution in [2.45, 2.75) is 19.8 Å². The third kappa shape index (κ3) is 5.57. The normalized spacial score (nSPS) is 14.7. The predicted octanol–water partition coefficient (Wildman–Crippen LogP) is 3.88. The van der Waals surface area contributed by atoms with Crippen LogP contribution in [0.25, 0.3) is 10.9 Å². The topological polar surface area (TPSA) is 68.7 Å². The zero-order valence-electron chi connectivity index (χ0n) is 18.4. The van der Waals surface area contributed by atoms with E-state index < -0.39 is 0 Å². The van der Waals surface area contributed by atoms with E-state index in [1.165, 1.54) is 0 Å². The first-order valence-corrected chi connectivity index (χ1v) is 11.4. The lowest BCUT2D eigenvalue weighted by Crippen LogP contribution is -2.47. The molecule has 32 heavy (non-hydrogen) atoms. The molecule has 168 valence electrons. The summed E-state index contributed by atoms with van der Waals surface area (Å²) in [7, 11) is 0. The lowest BCUT2D eigenvalue weighted by Gasteiger charge is -2.35. The van der Waals surface area contributed by atoms with Gasteiger partial charge in [-0.25, -0.2) is 4.98 Å². The van der Waals surface area contributed by atoms with Gasteiger partial charge in [0.15, 0.2) is 0 Å². The third-order valence-electron chi connectivity index (χ3n) is 5.95. The van der Waals surface area contributed by atoms with Crippen LogP contribution in [0.2, 0.25) is 5.02 Å². The Labute approximate surface area is 193 Å². The maximum Gasteiger partial charge on any atom is 0.224 e. The summed E-state index contributed by atoms with van der Waals surface area (Å²) in [4.78, 5) is 21.9. The molecule has 4 rings (SSSR count). The van der Waals surface area contributed by atoms with Gasteiger partial charge in [0.25, 0.3) is 0 Å². The molecule has 1 amide bonds. The van der Waals surface area contributed by atoms with Crippen LogP contribution in [0.1, 0.15) is 17.5 Å². The van der Waals surface area contributed by atoms with Gasteiger partial charge >= 0.3 is 0 Å². The summed E-state index contributed by atoms with van der Waals surface area (Å²) >= 11 is 5.92. The Hall–Kier alpha value is -2.67. The lowest BCUT2D eigenvalue weighted by atomic mass is 10.1. The second-order valence-electron chi connectivity index (χ2n) is 8.26. The molecule has 0 aliphatic carbocycles. The highest BCUT2D eigenvalue weighted by molar-refractivity contribution is 6.30. The molecule has 3 aromatic rings. The molecule has 0 bridgehead atoms. The number of β-amino-alcohol motifs (C(OH)–C–C–N with tert-alkyl or cyclic N) is 1. The van der Waals surface area contributed by atoms with E-state index in [2.05, 4.69) is 28.1 Å². The second-order valence-corrected chi connectivity index (χ2v) is 8.69. The number of pyridine rings is 1. The first-order chi connectivity index (χ1) is 15.5. The fraction of sp³-hybridized carbons (Fsp3) is 0.360. The zero-order valence-corrected chi connectivity index (χ0v) is 19.1. The molecular formula is C25H29ClN4O2. The van der Waals surface area contributed by atoms with E-state index in [0.717, 1.165) is 66.3 Å². The van der Waals surface area contributed by atoms with Gasteiger partial charge in [-0.15, -0.1) is 0 Å². The highest BCUT2D eigenvalue weighted by Gasteiger charge is 2.18. The van der Waals surface area contributed by atoms with Gasteiger partial charge in [0.05, 0.1) is 12.1 Å². The number of halogens is 1. The van der Waals surface area contributed by atoms with Gasteiger partial charge in [-0.1, -0.05) is 23.7 Å². The Bertz CT molecular complexity index is 1080. The van der Waals surface area contributed by atoms with Crippen LogP contribution in [0.4, 0.5) is 11.5 Å². The van der Waals surface area contributed by atoms with Gasteiger partial charge in [0, 0.05) is 55.2 Å². The molecule has 1 aliphatic rings. The van der Waals surface area contributed by atoms with Gasteiger partial charge in [-0.05, 0) is 60.9 Å². The maximum absolute atomic E-state index is 12.4. The number of fused-ring (bicyclic) bond motifs is 1. The Morgan fingerprint density at radius 3 is 2.56 bits per heavy atom. The third-order valence-corrected chi connectivity index (χ3v) is 6.20. The van der Waals surface area contributed by atoms with E-state index in [4.69, 9.17) is 21.7 Å². The minimum absolute atomic E-state index is 0.0118. The fourth-order valence-corrected chi connectivity index (χ4v) is 4.22. The van der Waals surface area contributed by atoms with Gasteiger partial charge < -0.3 is 15.3 Å². The lowest BCUT2D eigenvalue weighted by molar-refractivity contribution is -0.116. The minimum Gasteiger partial charge on any atom is -0.395 e. The summed E-state index contributed by atoms with van der Waals surface area (Å²) in [5, 5.41) is 13.9. The molecule has 6 nitrogen and oxygen atoms in total. The van der Waals surface area contributed by atoms with Crippen molar-refractivity contribution in [2.75, 3.05) is 49.5 Å². The smallest absolute Gasteiger partial charge is 0.224 e. The number of piperazine rings is 1. The molecular weight excluding hydrogens is 424 g/mol. The van der Waals surface area contributed by atoms with Crippen molar-refractivity contribution in [3.63, 3.8) is 0 Å². The Morgan fingerprint density at radius 1 is 1.09 bits per heavy atom. The zero-order chi connectivity index (χ0) is 22.5. The molecule has 1 aliphatic heterocycles. The van der Waals surface area contributed by atoms with E-state index in [-0.39, 0.29) is 12.5 Å². The summed E-state index contributed by atoms with van der Waals surface area (Å²) in [6.45, 7) is 6.68. The van der Waals surface area contributed by atoms with E-state index >= 15 is 0 Å². The Kier molecular flexibility index (Phi) is 7.25.